The molecule has 0 saturated carbocycles. The van der Waals surface area contributed by atoms with Crippen LogP contribution in [0.1, 0.15) is 31.9 Å². The third kappa shape index (κ3) is 2.37. The van der Waals surface area contributed by atoms with Crippen LogP contribution in [0.25, 0.3) is 0 Å². The second-order valence-electron chi connectivity index (χ2n) is 5.05. The molecule has 0 amide bonds. The Hall–Kier alpha value is -1.26. The molecule has 2 atom stereocenters. The minimum Gasteiger partial charge on any atom is -0.504 e. The number of likely N-dealkylation sites (tertiary alicyclic amines) is 1. The zero-order valence-electron chi connectivity index (χ0n) is 10.3. The van der Waals surface area contributed by atoms with Crippen molar-refractivity contribution >= 4 is 0 Å². The minimum atomic E-state index is -0.0767. The monoisotopic (exact) mass is 236 g/mol. The Morgan fingerprint density at radius 1 is 1.29 bits per heavy atom. The highest BCUT2D eigenvalue weighted by molar-refractivity contribution is 5.41. The van der Waals surface area contributed by atoms with Gasteiger partial charge in [0.1, 0.15) is 0 Å². The molecule has 0 spiro atoms. The van der Waals surface area contributed by atoms with Crippen molar-refractivity contribution in [3.63, 3.8) is 0 Å². The normalized spacial score (nSPS) is 25.6. The van der Waals surface area contributed by atoms with Crippen molar-refractivity contribution in [3.8, 4) is 11.5 Å². The number of nitrogens with two attached hydrogens (primary N) is 1. The summed E-state index contributed by atoms with van der Waals surface area (Å²) in [5.74, 6) is -0.140. The number of rotatable bonds is 2. The topological polar surface area (TPSA) is 69.7 Å². The third-order valence-electron chi connectivity index (χ3n) is 3.42. The first-order valence-corrected chi connectivity index (χ1v) is 6.02. The molecule has 4 nitrogen and oxygen atoms in total. The number of hydrogen-bond donors (Lipinski definition) is 3. The summed E-state index contributed by atoms with van der Waals surface area (Å²) in [7, 11) is 0. The van der Waals surface area contributed by atoms with Gasteiger partial charge in [0.25, 0.3) is 0 Å². The number of hydrogen-bond acceptors (Lipinski definition) is 4. The van der Waals surface area contributed by atoms with Crippen molar-refractivity contribution in [2.75, 3.05) is 6.54 Å². The van der Waals surface area contributed by atoms with E-state index in [4.69, 9.17) is 5.73 Å². The van der Waals surface area contributed by atoms with Gasteiger partial charge in [0.15, 0.2) is 11.5 Å². The largest absolute Gasteiger partial charge is 0.504 e. The maximum Gasteiger partial charge on any atom is 0.157 e. The summed E-state index contributed by atoms with van der Waals surface area (Å²) in [6.07, 6.45) is 0.891. The summed E-state index contributed by atoms with van der Waals surface area (Å²) in [6, 6.07) is 5.85. The fourth-order valence-corrected chi connectivity index (χ4v) is 2.54. The van der Waals surface area contributed by atoms with Gasteiger partial charge in [-0.25, -0.2) is 0 Å². The number of nitrogens with zero attached hydrogens (tertiary/aromatic N) is 1. The Kier molecular flexibility index (Phi) is 3.26. The van der Waals surface area contributed by atoms with E-state index in [9.17, 15) is 10.2 Å². The van der Waals surface area contributed by atoms with Crippen LogP contribution in [0.15, 0.2) is 18.2 Å². The molecule has 0 aliphatic carbocycles. The van der Waals surface area contributed by atoms with Gasteiger partial charge < -0.3 is 15.9 Å². The van der Waals surface area contributed by atoms with Crippen LogP contribution in [0.5, 0.6) is 11.5 Å². The highest BCUT2D eigenvalue weighted by Gasteiger charge is 2.32. The van der Waals surface area contributed by atoms with Crippen molar-refractivity contribution < 1.29 is 10.2 Å². The minimum absolute atomic E-state index is 0.0633. The van der Waals surface area contributed by atoms with E-state index in [0.717, 1.165) is 18.5 Å². The quantitative estimate of drug-likeness (QED) is 0.682. The van der Waals surface area contributed by atoms with E-state index in [2.05, 4.69) is 18.7 Å². The highest BCUT2D eigenvalue weighted by Crippen LogP contribution is 2.36. The second-order valence-corrected chi connectivity index (χ2v) is 5.05. The molecule has 2 unspecified atom stereocenters. The zero-order valence-corrected chi connectivity index (χ0v) is 10.3. The summed E-state index contributed by atoms with van der Waals surface area (Å²) in [4.78, 5) is 2.33. The SMILES string of the molecule is CC(C)N1CC(N)CC1c1ccc(O)c(O)c1. The molecule has 94 valence electrons. The molecule has 0 bridgehead atoms. The number of phenols is 2. The lowest BCUT2D eigenvalue weighted by atomic mass is 10.0. The van der Waals surface area contributed by atoms with Crippen LogP contribution in [0.4, 0.5) is 0 Å². The summed E-state index contributed by atoms with van der Waals surface area (Å²) < 4.78 is 0. The lowest BCUT2D eigenvalue weighted by molar-refractivity contribution is 0.204. The van der Waals surface area contributed by atoms with Crippen molar-refractivity contribution in [1.82, 2.24) is 4.90 Å². The summed E-state index contributed by atoms with van der Waals surface area (Å²) in [6.45, 7) is 5.17. The first-order chi connectivity index (χ1) is 7.99. The zero-order chi connectivity index (χ0) is 12.6. The van der Waals surface area contributed by atoms with Gasteiger partial charge >= 0.3 is 0 Å². The lowest BCUT2D eigenvalue weighted by Crippen LogP contribution is -2.33. The van der Waals surface area contributed by atoms with Gasteiger partial charge in [-0.15, -0.1) is 0 Å². The van der Waals surface area contributed by atoms with Crippen LogP contribution in [-0.2, 0) is 0 Å². The molecule has 17 heavy (non-hydrogen) atoms. The van der Waals surface area contributed by atoms with Gasteiger partial charge in [0, 0.05) is 24.7 Å². The van der Waals surface area contributed by atoms with Gasteiger partial charge in [0.05, 0.1) is 0 Å². The molecule has 4 N–H and O–H groups in total. The first kappa shape index (κ1) is 12.2. The van der Waals surface area contributed by atoms with Crippen molar-refractivity contribution in [2.45, 2.75) is 38.4 Å². The summed E-state index contributed by atoms with van der Waals surface area (Å²) >= 11 is 0. The van der Waals surface area contributed by atoms with Gasteiger partial charge in [0.2, 0.25) is 0 Å². The summed E-state index contributed by atoms with van der Waals surface area (Å²) in [5.41, 5.74) is 7.02. The predicted octanol–water partition coefficient (Wildman–Crippen LogP) is 1.58. The van der Waals surface area contributed by atoms with Gasteiger partial charge in [-0.2, -0.15) is 0 Å². The molecule has 1 aliphatic heterocycles. The predicted molar refractivity (Wildman–Crippen MR) is 66.9 cm³/mol. The molecule has 1 fully saturated rings. The Balaban J connectivity index is 2.28. The molecule has 1 saturated heterocycles. The second kappa shape index (κ2) is 4.55. The van der Waals surface area contributed by atoms with E-state index in [0.29, 0.717) is 6.04 Å². The van der Waals surface area contributed by atoms with Crippen molar-refractivity contribution in [1.29, 1.82) is 0 Å². The van der Waals surface area contributed by atoms with Crippen molar-refractivity contribution in [3.05, 3.63) is 23.8 Å². The van der Waals surface area contributed by atoms with E-state index in [1.165, 1.54) is 6.07 Å². The van der Waals surface area contributed by atoms with Gasteiger partial charge in [-0.05, 0) is 38.0 Å². The Labute approximate surface area is 102 Å². The van der Waals surface area contributed by atoms with E-state index in [1.54, 1.807) is 6.07 Å². The molecule has 2 rings (SSSR count). The number of phenolic OH excluding ortho intramolecular Hbond substituents is 2. The fraction of sp³-hybridized carbons (Fsp3) is 0.538. The molecular weight excluding hydrogens is 216 g/mol. The van der Waals surface area contributed by atoms with Crippen LogP contribution in [0.2, 0.25) is 0 Å². The summed E-state index contributed by atoms with van der Waals surface area (Å²) in [5, 5.41) is 18.9. The molecule has 0 radical (unpaired) electrons. The average Bonchev–Trinajstić information content (AvgIpc) is 2.64. The standard InChI is InChI=1S/C13H20N2O2/c1-8(2)15-7-10(14)6-11(15)9-3-4-12(16)13(17)5-9/h3-5,8,10-11,16-17H,6-7,14H2,1-2H3. The Bertz CT molecular complexity index is 406. The van der Waals surface area contributed by atoms with E-state index < -0.39 is 0 Å². The average molecular weight is 236 g/mol. The van der Waals surface area contributed by atoms with E-state index in [1.807, 2.05) is 6.07 Å². The molecule has 1 aromatic rings. The first-order valence-electron chi connectivity index (χ1n) is 6.02. The fourth-order valence-electron chi connectivity index (χ4n) is 2.54. The maximum atomic E-state index is 9.55. The number of aromatic hydroxyl groups is 2. The Morgan fingerprint density at radius 2 is 2.00 bits per heavy atom. The molecule has 1 aromatic carbocycles. The lowest BCUT2D eigenvalue weighted by Gasteiger charge is -2.28. The number of benzene rings is 1. The molecule has 1 heterocycles. The van der Waals surface area contributed by atoms with Gasteiger partial charge in [-0.1, -0.05) is 6.07 Å². The molecule has 4 heteroatoms. The Morgan fingerprint density at radius 3 is 2.59 bits per heavy atom. The van der Waals surface area contributed by atoms with Crippen LogP contribution in [0, 0.1) is 0 Å². The van der Waals surface area contributed by atoms with Crippen LogP contribution >= 0.6 is 0 Å². The molecular formula is C13H20N2O2. The van der Waals surface area contributed by atoms with Gasteiger partial charge in [-0.3, -0.25) is 4.90 Å². The van der Waals surface area contributed by atoms with Crippen LogP contribution < -0.4 is 5.73 Å². The van der Waals surface area contributed by atoms with E-state index >= 15 is 0 Å². The molecule has 1 aliphatic rings. The van der Waals surface area contributed by atoms with Crippen molar-refractivity contribution in [2.24, 2.45) is 5.73 Å². The van der Waals surface area contributed by atoms with Crippen LogP contribution in [0.3, 0.4) is 0 Å². The third-order valence-corrected chi connectivity index (χ3v) is 3.42. The highest BCUT2D eigenvalue weighted by atomic mass is 16.3. The molecule has 0 aromatic heterocycles. The van der Waals surface area contributed by atoms with E-state index in [-0.39, 0.29) is 23.6 Å². The smallest absolute Gasteiger partial charge is 0.157 e. The maximum absolute atomic E-state index is 9.55. The van der Waals surface area contributed by atoms with Crippen LogP contribution in [-0.4, -0.2) is 33.7 Å².